The predicted molar refractivity (Wildman–Crippen MR) is 72.2 cm³/mol. The van der Waals surface area contributed by atoms with E-state index in [4.69, 9.17) is 4.74 Å². The molecule has 0 aromatic heterocycles. The second-order valence-electron chi connectivity index (χ2n) is 5.12. The Kier molecular flexibility index (Phi) is 3.29. The first-order chi connectivity index (χ1) is 9.26. The highest BCUT2D eigenvalue weighted by Gasteiger charge is 2.35. The van der Waals surface area contributed by atoms with Gasteiger partial charge in [0.05, 0.1) is 13.2 Å². The first-order valence-electron chi connectivity index (χ1n) is 6.66. The van der Waals surface area contributed by atoms with Crippen LogP contribution in [0, 0.1) is 0 Å². The molecular formula is C14H19N3O2. The van der Waals surface area contributed by atoms with E-state index in [0.717, 1.165) is 38.5 Å². The lowest BCUT2D eigenvalue weighted by molar-refractivity contribution is 0.116. The van der Waals surface area contributed by atoms with Crippen LogP contribution >= 0.6 is 0 Å². The van der Waals surface area contributed by atoms with Crippen molar-refractivity contribution in [2.75, 3.05) is 33.3 Å². The van der Waals surface area contributed by atoms with Crippen molar-refractivity contribution in [3.63, 3.8) is 0 Å². The summed E-state index contributed by atoms with van der Waals surface area (Å²) in [6.07, 6.45) is 0. The molecule has 0 spiro atoms. The zero-order valence-electron chi connectivity index (χ0n) is 11.1. The highest BCUT2D eigenvalue weighted by atomic mass is 16.5. The van der Waals surface area contributed by atoms with Crippen LogP contribution in [0.5, 0.6) is 5.75 Å². The van der Waals surface area contributed by atoms with E-state index >= 15 is 0 Å². The SMILES string of the molecule is COc1cccc(CN2CCN3C(=O)NC[C@H]3C2)c1. The molecule has 0 saturated carbocycles. The van der Waals surface area contributed by atoms with Gasteiger partial charge in [-0.2, -0.15) is 0 Å². The standard InChI is InChI=1S/C14H19N3O2/c1-19-13-4-2-3-11(7-13)9-16-5-6-17-12(10-16)8-15-14(17)18/h2-4,7,12H,5-6,8-10H2,1H3,(H,15,18)/t12-/m0/s1. The van der Waals surface area contributed by atoms with Gasteiger partial charge in [0.1, 0.15) is 5.75 Å². The maximum Gasteiger partial charge on any atom is 0.317 e. The lowest BCUT2D eigenvalue weighted by atomic mass is 10.1. The van der Waals surface area contributed by atoms with Gasteiger partial charge in [-0.3, -0.25) is 4.90 Å². The first-order valence-corrected chi connectivity index (χ1v) is 6.66. The summed E-state index contributed by atoms with van der Waals surface area (Å²) in [5, 5.41) is 2.90. The fourth-order valence-corrected chi connectivity index (χ4v) is 2.84. The zero-order valence-corrected chi connectivity index (χ0v) is 11.1. The molecule has 1 atom stereocenters. The number of hydrogen-bond donors (Lipinski definition) is 1. The number of carbonyl (C=O) groups is 1. The highest BCUT2D eigenvalue weighted by molar-refractivity contribution is 5.77. The molecule has 2 aliphatic rings. The van der Waals surface area contributed by atoms with E-state index in [0.29, 0.717) is 6.04 Å². The van der Waals surface area contributed by atoms with Gasteiger partial charge in [-0.15, -0.1) is 0 Å². The smallest absolute Gasteiger partial charge is 0.317 e. The van der Waals surface area contributed by atoms with Crippen molar-refractivity contribution in [3.8, 4) is 5.75 Å². The Bertz CT molecular complexity index is 478. The number of nitrogens with zero attached hydrogens (tertiary/aromatic N) is 2. The van der Waals surface area contributed by atoms with E-state index in [-0.39, 0.29) is 6.03 Å². The number of fused-ring (bicyclic) bond motifs is 1. The van der Waals surface area contributed by atoms with E-state index in [9.17, 15) is 4.79 Å². The minimum Gasteiger partial charge on any atom is -0.497 e. The monoisotopic (exact) mass is 261 g/mol. The lowest BCUT2D eigenvalue weighted by Crippen LogP contribution is -2.51. The quantitative estimate of drug-likeness (QED) is 0.879. The minimum atomic E-state index is 0.0889. The Labute approximate surface area is 113 Å². The van der Waals surface area contributed by atoms with Gasteiger partial charge in [-0.1, -0.05) is 12.1 Å². The third-order valence-corrected chi connectivity index (χ3v) is 3.86. The number of methoxy groups -OCH3 is 1. The van der Waals surface area contributed by atoms with E-state index in [1.54, 1.807) is 7.11 Å². The number of rotatable bonds is 3. The van der Waals surface area contributed by atoms with Crippen LogP contribution in [0.2, 0.25) is 0 Å². The molecule has 2 heterocycles. The van der Waals surface area contributed by atoms with Gasteiger partial charge >= 0.3 is 6.03 Å². The fourth-order valence-electron chi connectivity index (χ4n) is 2.84. The van der Waals surface area contributed by atoms with Crippen LogP contribution in [0.4, 0.5) is 4.79 Å². The van der Waals surface area contributed by atoms with Gasteiger partial charge < -0.3 is 15.0 Å². The molecule has 2 fully saturated rings. The van der Waals surface area contributed by atoms with Gasteiger partial charge in [-0.25, -0.2) is 4.79 Å². The summed E-state index contributed by atoms with van der Waals surface area (Å²) < 4.78 is 5.25. The van der Waals surface area contributed by atoms with Crippen molar-refractivity contribution in [1.82, 2.24) is 15.1 Å². The molecule has 1 N–H and O–H groups in total. The molecular weight excluding hydrogens is 242 g/mol. The van der Waals surface area contributed by atoms with Crippen LogP contribution in [-0.2, 0) is 6.54 Å². The molecule has 2 aliphatic heterocycles. The maximum absolute atomic E-state index is 11.5. The third-order valence-electron chi connectivity index (χ3n) is 3.86. The van der Waals surface area contributed by atoms with Crippen LogP contribution in [-0.4, -0.2) is 55.2 Å². The summed E-state index contributed by atoms with van der Waals surface area (Å²) in [5.74, 6) is 0.897. The average Bonchev–Trinajstić information content (AvgIpc) is 2.80. The van der Waals surface area contributed by atoms with Crippen LogP contribution in [0.15, 0.2) is 24.3 Å². The summed E-state index contributed by atoms with van der Waals surface area (Å²) in [6.45, 7) is 4.38. The fraction of sp³-hybridized carbons (Fsp3) is 0.500. The minimum absolute atomic E-state index is 0.0889. The van der Waals surface area contributed by atoms with Gasteiger partial charge in [-0.05, 0) is 17.7 Å². The van der Waals surface area contributed by atoms with E-state index in [2.05, 4.69) is 22.3 Å². The molecule has 102 valence electrons. The number of benzene rings is 1. The zero-order chi connectivity index (χ0) is 13.2. The molecule has 2 amide bonds. The van der Waals surface area contributed by atoms with Gasteiger partial charge in [0, 0.05) is 32.7 Å². The van der Waals surface area contributed by atoms with Crippen molar-refractivity contribution in [3.05, 3.63) is 29.8 Å². The van der Waals surface area contributed by atoms with E-state index in [1.165, 1.54) is 5.56 Å². The molecule has 1 aromatic rings. The van der Waals surface area contributed by atoms with Crippen LogP contribution in [0.25, 0.3) is 0 Å². The van der Waals surface area contributed by atoms with Gasteiger partial charge in [0.2, 0.25) is 0 Å². The Morgan fingerprint density at radius 3 is 3.16 bits per heavy atom. The predicted octanol–water partition coefficient (Wildman–Crippen LogP) is 0.905. The van der Waals surface area contributed by atoms with Crippen molar-refractivity contribution < 1.29 is 9.53 Å². The number of piperazine rings is 1. The third kappa shape index (κ3) is 2.51. The van der Waals surface area contributed by atoms with Crippen molar-refractivity contribution in [2.45, 2.75) is 12.6 Å². The largest absolute Gasteiger partial charge is 0.497 e. The molecule has 3 rings (SSSR count). The summed E-state index contributed by atoms with van der Waals surface area (Å²) in [7, 11) is 1.69. The Hall–Kier alpha value is -1.75. The second kappa shape index (κ2) is 5.09. The van der Waals surface area contributed by atoms with Crippen LogP contribution in [0.3, 0.4) is 0 Å². The van der Waals surface area contributed by atoms with E-state index in [1.807, 2.05) is 17.0 Å². The van der Waals surface area contributed by atoms with Crippen molar-refractivity contribution >= 4 is 6.03 Å². The Balaban J connectivity index is 1.63. The molecule has 5 nitrogen and oxygen atoms in total. The van der Waals surface area contributed by atoms with Crippen molar-refractivity contribution in [2.24, 2.45) is 0 Å². The van der Waals surface area contributed by atoms with Gasteiger partial charge in [0.15, 0.2) is 0 Å². The molecule has 1 aromatic carbocycles. The van der Waals surface area contributed by atoms with Crippen LogP contribution < -0.4 is 10.1 Å². The number of urea groups is 1. The number of ether oxygens (including phenoxy) is 1. The molecule has 0 aliphatic carbocycles. The number of hydrogen-bond acceptors (Lipinski definition) is 3. The molecule has 19 heavy (non-hydrogen) atoms. The molecule has 0 unspecified atom stereocenters. The summed E-state index contributed by atoms with van der Waals surface area (Å²) >= 11 is 0. The Morgan fingerprint density at radius 1 is 1.42 bits per heavy atom. The molecule has 2 saturated heterocycles. The summed E-state index contributed by atoms with van der Waals surface area (Å²) in [6, 6.07) is 8.58. The lowest BCUT2D eigenvalue weighted by Gasteiger charge is -2.36. The number of amides is 2. The topological polar surface area (TPSA) is 44.8 Å². The first kappa shape index (κ1) is 12.3. The molecule has 0 radical (unpaired) electrons. The van der Waals surface area contributed by atoms with Crippen LogP contribution in [0.1, 0.15) is 5.56 Å². The average molecular weight is 261 g/mol. The number of carbonyl (C=O) groups excluding carboxylic acids is 1. The summed E-state index contributed by atoms with van der Waals surface area (Å²) in [5.41, 5.74) is 1.25. The highest BCUT2D eigenvalue weighted by Crippen LogP contribution is 2.18. The normalized spacial score (nSPS) is 23.1. The Morgan fingerprint density at radius 2 is 2.32 bits per heavy atom. The summed E-state index contributed by atoms with van der Waals surface area (Å²) in [4.78, 5) is 15.9. The second-order valence-corrected chi connectivity index (χ2v) is 5.12. The number of nitrogens with one attached hydrogen (secondary N) is 1. The van der Waals surface area contributed by atoms with Crippen molar-refractivity contribution in [1.29, 1.82) is 0 Å². The molecule has 5 heteroatoms. The molecule has 0 bridgehead atoms. The maximum atomic E-state index is 11.5. The van der Waals surface area contributed by atoms with Gasteiger partial charge in [0.25, 0.3) is 0 Å². The van der Waals surface area contributed by atoms with E-state index < -0.39 is 0 Å².